The summed E-state index contributed by atoms with van der Waals surface area (Å²) < 4.78 is 0. The number of benzene rings is 1. The Balaban J connectivity index is 2.98. The first-order valence-corrected chi connectivity index (χ1v) is 4.76. The zero-order chi connectivity index (χ0) is 12.2. The smallest absolute Gasteiger partial charge is 0.328 e. The van der Waals surface area contributed by atoms with Gasteiger partial charge >= 0.3 is 11.9 Å². The van der Waals surface area contributed by atoms with Gasteiger partial charge in [-0.2, -0.15) is 0 Å². The Kier molecular flexibility index (Phi) is 3.63. The third kappa shape index (κ3) is 2.58. The lowest BCUT2D eigenvalue weighted by molar-refractivity contribution is -0.145. The van der Waals surface area contributed by atoms with Crippen molar-refractivity contribution in [3.8, 4) is 0 Å². The van der Waals surface area contributed by atoms with Crippen molar-refractivity contribution < 1.29 is 19.8 Å². The molecule has 0 aliphatic carbocycles. The van der Waals surface area contributed by atoms with Crippen LogP contribution in [0.25, 0.3) is 0 Å². The Labute approximate surface area is 92.5 Å². The van der Waals surface area contributed by atoms with Crippen molar-refractivity contribution in [2.45, 2.75) is 18.4 Å². The summed E-state index contributed by atoms with van der Waals surface area (Å²) in [5, 5.41) is 17.6. The third-order valence-corrected chi connectivity index (χ3v) is 2.40. The average molecular weight is 223 g/mol. The van der Waals surface area contributed by atoms with E-state index in [2.05, 4.69) is 0 Å². The van der Waals surface area contributed by atoms with Crippen LogP contribution < -0.4 is 5.73 Å². The van der Waals surface area contributed by atoms with Gasteiger partial charge in [-0.1, -0.05) is 30.3 Å². The van der Waals surface area contributed by atoms with Gasteiger partial charge < -0.3 is 15.9 Å². The van der Waals surface area contributed by atoms with Crippen molar-refractivity contribution in [2.75, 3.05) is 0 Å². The van der Waals surface area contributed by atoms with E-state index >= 15 is 0 Å². The van der Waals surface area contributed by atoms with Gasteiger partial charge in [-0.3, -0.25) is 4.79 Å². The van der Waals surface area contributed by atoms with Crippen LogP contribution in [-0.4, -0.2) is 22.2 Å². The molecule has 0 aliphatic rings. The van der Waals surface area contributed by atoms with Crippen LogP contribution in [-0.2, 0) is 15.1 Å². The zero-order valence-electron chi connectivity index (χ0n) is 8.59. The average Bonchev–Trinajstić information content (AvgIpc) is 2.26. The summed E-state index contributed by atoms with van der Waals surface area (Å²) in [6.45, 7) is 0. The highest BCUT2D eigenvalue weighted by molar-refractivity contribution is 5.81. The minimum absolute atomic E-state index is 0.137. The molecule has 0 bridgehead atoms. The molecule has 86 valence electrons. The number of hydrogen-bond donors (Lipinski definition) is 3. The Bertz CT molecular complexity index is 390. The highest BCUT2D eigenvalue weighted by atomic mass is 16.4. The van der Waals surface area contributed by atoms with Crippen LogP contribution in [0, 0.1) is 0 Å². The van der Waals surface area contributed by atoms with E-state index in [0.717, 1.165) is 0 Å². The van der Waals surface area contributed by atoms with Gasteiger partial charge in [-0.15, -0.1) is 0 Å². The van der Waals surface area contributed by atoms with E-state index in [1.54, 1.807) is 30.3 Å². The molecule has 0 fully saturated rings. The molecule has 5 heteroatoms. The second kappa shape index (κ2) is 4.76. The quantitative estimate of drug-likeness (QED) is 0.685. The normalized spacial score (nSPS) is 14.1. The topological polar surface area (TPSA) is 101 Å². The molecule has 16 heavy (non-hydrogen) atoms. The lowest BCUT2D eigenvalue weighted by Crippen LogP contribution is -2.45. The molecular weight excluding hydrogens is 210 g/mol. The number of carboxylic acids is 2. The van der Waals surface area contributed by atoms with Gasteiger partial charge in [0.25, 0.3) is 0 Å². The van der Waals surface area contributed by atoms with Crippen molar-refractivity contribution >= 4 is 11.9 Å². The third-order valence-electron chi connectivity index (χ3n) is 2.40. The summed E-state index contributed by atoms with van der Waals surface area (Å²) in [6.07, 6.45) is -0.417. The number of carbonyl (C=O) groups is 2. The van der Waals surface area contributed by atoms with Gasteiger partial charge in [0.05, 0.1) is 0 Å². The van der Waals surface area contributed by atoms with Crippen molar-refractivity contribution in [3.05, 3.63) is 35.9 Å². The summed E-state index contributed by atoms with van der Waals surface area (Å²) in [4.78, 5) is 21.6. The summed E-state index contributed by atoms with van der Waals surface area (Å²) in [6, 6.07) is 8.23. The Morgan fingerprint density at radius 3 is 2.19 bits per heavy atom. The van der Waals surface area contributed by atoms with Gasteiger partial charge in [0.15, 0.2) is 0 Å². The minimum Gasteiger partial charge on any atom is -0.481 e. The van der Waals surface area contributed by atoms with Crippen LogP contribution >= 0.6 is 0 Å². The van der Waals surface area contributed by atoms with Crippen LogP contribution in [0.5, 0.6) is 0 Å². The van der Waals surface area contributed by atoms with Gasteiger partial charge in [0, 0.05) is 6.42 Å². The largest absolute Gasteiger partial charge is 0.481 e. The van der Waals surface area contributed by atoms with Crippen LogP contribution in [0.15, 0.2) is 30.3 Å². The molecule has 1 rings (SSSR count). The van der Waals surface area contributed by atoms with Gasteiger partial charge in [0.1, 0.15) is 5.54 Å². The summed E-state index contributed by atoms with van der Waals surface area (Å²) >= 11 is 0. The van der Waals surface area contributed by atoms with E-state index < -0.39 is 17.5 Å². The molecule has 0 amide bonds. The van der Waals surface area contributed by atoms with E-state index in [9.17, 15) is 9.59 Å². The first kappa shape index (κ1) is 12.2. The van der Waals surface area contributed by atoms with Crippen molar-refractivity contribution in [2.24, 2.45) is 5.73 Å². The maximum atomic E-state index is 11.1. The van der Waals surface area contributed by atoms with Gasteiger partial charge in [-0.25, -0.2) is 4.79 Å². The molecule has 0 spiro atoms. The molecule has 5 nitrogen and oxygen atoms in total. The highest BCUT2D eigenvalue weighted by Gasteiger charge is 2.36. The lowest BCUT2D eigenvalue weighted by Gasteiger charge is -2.24. The molecule has 0 radical (unpaired) electrons. The highest BCUT2D eigenvalue weighted by Crippen LogP contribution is 2.23. The SMILES string of the molecule is NC(CCC(=O)O)(C(=O)O)c1ccccc1. The Morgan fingerprint density at radius 2 is 1.75 bits per heavy atom. The van der Waals surface area contributed by atoms with E-state index in [1.165, 1.54) is 0 Å². The van der Waals surface area contributed by atoms with Crippen molar-refractivity contribution in [3.63, 3.8) is 0 Å². The van der Waals surface area contributed by atoms with E-state index in [1.807, 2.05) is 0 Å². The molecule has 0 heterocycles. The molecule has 1 aromatic rings. The van der Waals surface area contributed by atoms with Gasteiger partial charge in [0.2, 0.25) is 0 Å². The second-order valence-corrected chi connectivity index (χ2v) is 3.54. The number of carboxylic acid groups (broad SMARTS) is 2. The summed E-state index contributed by atoms with van der Waals surface area (Å²) in [7, 11) is 0. The first-order chi connectivity index (χ1) is 7.47. The van der Waals surface area contributed by atoms with E-state index in [-0.39, 0.29) is 12.8 Å². The number of aliphatic carboxylic acids is 2. The summed E-state index contributed by atoms with van der Waals surface area (Å²) in [5.74, 6) is -2.29. The predicted molar refractivity (Wildman–Crippen MR) is 56.8 cm³/mol. The fourth-order valence-electron chi connectivity index (χ4n) is 1.41. The fourth-order valence-corrected chi connectivity index (χ4v) is 1.41. The van der Waals surface area contributed by atoms with E-state index in [4.69, 9.17) is 15.9 Å². The molecule has 0 saturated heterocycles. The minimum atomic E-state index is -1.64. The van der Waals surface area contributed by atoms with Crippen LogP contribution in [0.4, 0.5) is 0 Å². The summed E-state index contributed by atoms with van der Waals surface area (Å²) in [5.41, 5.74) is 4.51. The maximum Gasteiger partial charge on any atom is 0.328 e. The lowest BCUT2D eigenvalue weighted by atomic mass is 9.86. The maximum absolute atomic E-state index is 11.1. The van der Waals surface area contributed by atoms with Crippen molar-refractivity contribution in [1.82, 2.24) is 0 Å². The molecule has 0 aromatic heterocycles. The number of hydrogen-bond acceptors (Lipinski definition) is 3. The predicted octanol–water partition coefficient (Wildman–Crippen LogP) is 0.790. The zero-order valence-corrected chi connectivity index (χ0v) is 8.59. The Hall–Kier alpha value is -1.88. The fraction of sp³-hybridized carbons (Fsp3) is 0.273. The monoisotopic (exact) mass is 223 g/mol. The molecule has 0 aliphatic heterocycles. The first-order valence-electron chi connectivity index (χ1n) is 4.76. The van der Waals surface area contributed by atoms with Crippen LogP contribution in [0.3, 0.4) is 0 Å². The van der Waals surface area contributed by atoms with Crippen LogP contribution in [0.2, 0.25) is 0 Å². The number of rotatable bonds is 5. The standard InChI is InChI=1S/C11H13NO4/c12-11(10(15)16,7-6-9(13)14)8-4-2-1-3-5-8/h1-5H,6-7,12H2,(H,13,14)(H,15,16). The van der Waals surface area contributed by atoms with Crippen LogP contribution in [0.1, 0.15) is 18.4 Å². The number of nitrogens with two attached hydrogens (primary N) is 1. The van der Waals surface area contributed by atoms with Gasteiger partial charge in [-0.05, 0) is 12.0 Å². The Morgan fingerprint density at radius 1 is 1.19 bits per heavy atom. The van der Waals surface area contributed by atoms with E-state index in [0.29, 0.717) is 5.56 Å². The molecule has 1 unspecified atom stereocenters. The molecule has 1 atom stereocenters. The molecule has 1 aromatic carbocycles. The molecular formula is C11H13NO4. The second-order valence-electron chi connectivity index (χ2n) is 3.54. The molecule has 0 saturated carbocycles. The van der Waals surface area contributed by atoms with Crippen molar-refractivity contribution in [1.29, 1.82) is 0 Å². The molecule has 4 N–H and O–H groups in total.